The minimum absolute atomic E-state index is 0.0337. The van der Waals surface area contributed by atoms with Gasteiger partial charge in [-0.3, -0.25) is 25.6 Å². The highest BCUT2D eigenvalue weighted by atomic mass is 16.2. The van der Waals surface area contributed by atoms with Gasteiger partial charge in [-0.1, -0.05) is 12.1 Å². The number of hydrazine groups is 1. The normalized spacial score (nSPS) is 15.1. The van der Waals surface area contributed by atoms with Gasteiger partial charge in [0.25, 0.3) is 0 Å². The highest BCUT2D eigenvalue weighted by Crippen LogP contribution is 2.13. The maximum absolute atomic E-state index is 11.3. The summed E-state index contributed by atoms with van der Waals surface area (Å²) in [5.41, 5.74) is 3.80. The smallest absolute Gasteiger partial charge is 0.324 e. The zero-order valence-corrected chi connectivity index (χ0v) is 8.77. The molecule has 7 nitrogen and oxygen atoms in total. The number of nitrogen functional groups attached to an aromatic ring is 1. The first-order valence-corrected chi connectivity index (χ1v) is 4.84. The van der Waals surface area contributed by atoms with Crippen LogP contribution in [0.1, 0.15) is 5.56 Å². The summed E-state index contributed by atoms with van der Waals surface area (Å²) >= 11 is 0. The fourth-order valence-corrected chi connectivity index (χ4v) is 1.52. The lowest BCUT2D eigenvalue weighted by atomic mass is 10.2. The van der Waals surface area contributed by atoms with Crippen molar-refractivity contribution >= 4 is 23.5 Å². The molecular weight excluding hydrogens is 224 g/mol. The van der Waals surface area contributed by atoms with Crippen molar-refractivity contribution in [3.8, 4) is 0 Å². The molecule has 0 spiro atoms. The lowest BCUT2D eigenvalue weighted by molar-refractivity contribution is -0.140. The number of nitrogens with one attached hydrogen (secondary N) is 2. The summed E-state index contributed by atoms with van der Waals surface area (Å²) in [6, 6.07) is 6.17. The zero-order chi connectivity index (χ0) is 12.4. The Morgan fingerprint density at radius 2 is 2.06 bits per heavy atom. The maximum atomic E-state index is 11.3. The van der Waals surface area contributed by atoms with E-state index in [4.69, 9.17) is 5.84 Å². The lowest BCUT2D eigenvalue weighted by Crippen LogP contribution is -2.30. The standard InChI is InChI=1S/C10H10N4O3/c11-13-7-3-1-2-6(4-7)5-14-9(16)8(15)12-10(14)17/h1-4,13H,5,11H2,(H,12,15,17). The minimum Gasteiger partial charge on any atom is -0.324 e. The third-order valence-corrected chi connectivity index (χ3v) is 2.34. The maximum Gasteiger partial charge on any atom is 0.331 e. The fourth-order valence-electron chi connectivity index (χ4n) is 1.52. The molecule has 1 fully saturated rings. The molecule has 1 saturated heterocycles. The van der Waals surface area contributed by atoms with Gasteiger partial charge in [0.05, 0.1) is 6.54 Å². The summed E-state index contributed by atoms with van der Waals surface area (Å²) in [4.78, 5) is 34.4. The number of nitrogens with zero attached hydrogens (tertiary/aromatic N) is 1. The predicted molar refractivity (Wildman–Crippen MR) is 58.3 cm³/mol. The minimum atomic E-state index is -0.900. The SMILES string of the molecule is NNc1cccc(CN2C(=O)NC(=O)C2=O)c1. The molecule has 0 aromatic heterocycles. The largest absolute Gasteiger partial charge is 0.331 e. The van der Waals surface area contributed by atoms with Crippen LogP contribution in [0.3, 0.4) is 0 Å². The molecular formula is C10H10N4O3. The summed E-state index contributed by atoms with van der Waals surface area (Å²) in [5, 5.41) is 1.92. The van der Waals surface area contributed by atoms with E-state index in [1.807, 2.05) is 5.32 Å². The van der Waals surface area contributed by atoms with Gasteiger partial charge < -0.3 is 5.43 Å². The molecule has 7 heteroatoms. The second-order valence-corrected chi connectivity index (χ2v) is 3.50. The fraction of sp³-hybridized carbons (Fsp3) is 0.100. The average molecular weight is 234 g/mol. The molecule has 4 amide bonds. The number of hydrogen-bond acceptors (Lipinski definition) is 5. The predicted octanol–water partition coefficient (Wildman–Crippen LogP) is -0.449. The molecule has 0 saturated carbocycles. The van der Waals surface area contributed by atoms with E-state index >= 15 is 0 Å². The third kappa shape index (κ3) is 2.08. The van der Waals surface area contributed by atoms with Crippen molar-refractivity contribution < 1.29 is 14.4 Å². The van der Waals surface area contributed by atoms with E-state index in [-0.39, 0.29) is 6.54 Å². The number of carbonyl (C=O) groups is 3. The van der Waals surface area contributed by atoms with Crippen molar-refractivity contribution in [2.24, 2.45) is 5.84 Å². The summed E-state index contributed by atoms with van der Waals surface area (Å²) in [6.07, 6.45) is 0. The zero-order valence-electron chi connectivity index (χ0n) is 8.77. The van der Waals surface area contributed by atoms with Gasteiger partial charge in [0.2, 0.25) is 0 Å². The van der Waals surface area contributed by atoms with Crippen molar-refractivity contribution in [2.75, 3.05) is 5.43 Å². The number of amides is 4. The molecule has 1 heterocycles. The Labute approximate surface area is 96.5 Å². The van der Waals surface area contributed by atoms with Crippen LogP contribution in [0.2, 0.25) is 0 Å². The van der Waals surface area contributed by atoms with E-state index in [2.05, 4.69) is 5.43 Å². The second-order valence-electron chi connectivity index (χ2n) is 3.50. The lowest BCUT2D eigenvalue weighted by Gasteiger charge is -2.11. The van der Waals surface area contributed by atoms with E-state index in [1.54, 1.807) is 24.3 Å². The van der Waals surface area contributed by atoms with Crippen LogP contribution in [0.4, 0.5) is 10.5 Å². The molecule has 0 radical (unpaired) electrons. The van der Waals surface area contributed by atoms with Gasteiger partial charge in [0, 0.05) is 5.69 Å². The molecule has 0 atom stereocenters. The van der Waals surface area contributed by atoms with Crippen molar-refractivity contribution in [1.82, 2.24) is 10.2 Å². The molecule has 0 aliphatic carbocycles. The molecule has 1 aromatic carbocycles. The average Bonchev–Trinajstić information content (AvgIpc) is 2.56. The van der Waals surface area contributed by atoms with Crippen molar-refractivity contribution in [3.63, 3.8) is 0 Å². The Morgan fingerprint density at radius 3 is 2.65 bits per heavy atom. The molecule has 4 N–H and O–H groups in total. The summed E-state index contributed by atoms with van der Waals surface area (Å²) in [5.74, 6) is 3.49. The number of nitrogens with two attached hydrogens (primary N) is 1. The summed E-state index contributed by atoms with van der Waals surface area (Å²) < 4.78 is 0. The van der Waals surface area contributed by atoms with E-state index in [0.29, 0.717) is 11.3 Å². The number of carbonyl (C=O) groups excluding carboxylic acids is 3. The van der Waals surface area contributed by atoms with Crippen LogP contribution < -0.4 is 16.6 Å². The van der Waals surface area contributed by atoms with Crippen LogP contribution in [-0.2, 0) is 16.1 Å². The Hall–Kier alpha value is -2.41. The van der Waals surface area contributed by atoms with Gasteiger partial charge >= 0.3 is 17.8 Å². The van der Waals surface area contributed by atoms with Crippen LogP contribution in [-0.4, -0.2) is 22.7 Å². The molecule has 0 unspecified atom stereocenters. The Bertz CT molecular complexity index is 500. The van der Waals surface area contributed by atoms with Gasteiger partial charge in [-0.2, -0.15) is 0 Å². The molecule has 88 valence electrons. The van der Waals surface area contributed by atoms with Gasteiger partial charge in [-0.15, -0.1) is 0 Å². The molecule has 2 rings (SSSR count). The van der Waals surface area contributed by atoms with Crippen molar-refractivity contribution in [3.05, 3.63) is 29.8 Å². The van der Waals surface area contributed by atoms with E-state index in [9.17, 15) is 14.4 Å². The van der Waals surface area contributed by atoms with Crippen LogP contribution in [0.5, 0.6) is 0 Å². The second kappa shape index (κ2) is 4.22. The van der Waals surface area contributed by atoms with Crippen molar-refractivity contribution in [2.45, 2.75) is 6.54 Å². The summed E-state index contributed by atoms with van der Waals surface area (Å²) in [6.45, 7) is 0.0337. The third-order valence-electron chi connectivity index (χ3n) is 2.34. The van der Waals surface area contributed by atoms with Gasteiger partial charge in [0.15, 0.2) is 0 Å². The Morgan fingerprint density at radius 1 is 1.29 bits per heavy atom. The highest BCUT2D eigenvalue weighted by Gasteiger charge is 2.36. The van der Waals surface area contributed by atoms with Crippen LogP contribution >= 0.6 is 0 Å². The Balaban J connectivity index is 2.18. The first-order chi connectivity index (χ1) is 8.11. The molecule has 0 bridgehead atoms. The first kappa shape index (κ1) is 11.1. The molecule has 1 aliphatic rings. The van der Waals surface area contributed by atoms with Crippen molar-refractivity contribution in [1.29, 1.82) is 0 Å². The quantitative estimate of drug-likeness (QED) is 0.284. The van der Waals surface area contributed by atoms with E-state index in [0.717, 1.165) is 4.90 Å². The topological polar surface area (TPSA) is 105 Å². The number of anilines is 1. The van der Waals surface area contributed by atoms with Crippen LogP contribution in [0, 0.1) is 0 Å². The summed E-state index contributed by atoms with van der Waals surface area (Å²) in [7, 11) is 0. The molecule has 1 aromatic rings. The number of rotatable bonds is 3. The molecule has 1 aliphatic heterocycles. The van der Waals surface area contributed by atoms with E-state index < -0.39 is 17.8 Å². The van der Waals surface area contributed by atoms with Crippen LogP contribution in [0.15, 0.2) is 24.3 Å². The molecule has 17 heavy (non-hydrogen) atoms. The number of imide groups is 2. The first-order valence-electron chi connectivity index (χ1n) is 4.84. The number of hydrogen-bond donors (Lipinski definition) is 3. The van der Waals surface area contributed by atoms with Gasteiger partial charge in [0.1, 0.15) is 0 Å². The van der Waals surface area contributed by atoms with Crippen LogP contribution in [0.25, 0.3) is 0 Å². The highest BCUT2D eigenvalue weighted by molar-refractivity contribution is 6.44. The number of urea groups is 1. The van der Waals surface area contributed by atoms with Gasteiger partial charge in [-0.25, -0.2) is 4.79 Å². The van der Waals surface area contributed by atoms with Gasteiger partial charge in [-0.05, 0) is 17.7 Å². The monoisotopic (exact) mass is 234 g/mol. The Kier molecular flexibility index (Phi) is 2.75. The number of benzene rings is 1. The van der Waals surface area contributed by atoms with E-state index in [1.165, 1.54) is 0 Å².